The summed E-state index contributed by atoms with van der Waals surface area (Å²) in [5, 5.41) is 13.2. The van der Waals surface area contributed by atoms with Crippen molar-refractivity contribution in [2.45, 2.75) is 29.2 Å². The van der Waals surface area contributed by atoms with Gasteiger partial charge in [-0.2, -0.15) is 4.98 Å². The lowest BCUT2D eigenvalue weighted by atomic mass is 10.2. The van der Waals surface area contributed by atoms with Crippen molar-refractivity contribution in [1.29, 1.82) is 0 Å². The van der Waals surface area contributed by atoms with Crippen LogP contribution in [0.1, 0.15) is 13.3 Å². The lowest BCUT2D eigenvalue weighted by molar-refractivity contribution is 0.271. The first-order chi connectivity index (χ1) is 10.1. The van der Waals surface area contributed by atoms with Crippen molar-refractivity contribution in [2.24, 2.45) is 0 Å². The number of nitrogens with one attached hydrogen (secondary N) is 1. The van der Waals surface area contributed by atoms with Gasteiger partial charge in [-0.15, -0.1) is 0 Å². The molecule has 0 radical (unpaired) electrons. The third-order valence-electron chi connectivity index (χ3n) is 2.87. The SMILES string of the molecule is CC[C@H](CO)Nc1nc(N)ncc1Sc1ccc(Cl)cc1. The maximum atomic E-state index is 9.31. The first-order valence-corrected chi connectivity index (χ1v) is 7.75. The number of hydrogen-bond acceptors (Lipinski definition) is 6. The van der Waals surface area contributed by atoms with Crippen molar-refractivity contribution in [2.75, 3.05) is 17.7 Å². The van der Waals surface area contributed by atoms with Crippen molar-refractivity contribution in [3.05, 3.63) is 35.5 Å². The Bertz CT molecular complexity index is 590. The summed E-state index contributed by atoms with van der Waals surface area (Å²) >= 11 is 7.39. The van der Waals surface area contributed by atoms with E-state index in [1.54, 1.807) is 6.20 Å². The largest absolute Gasteiger partial charge is 0.394 e. The number of aliphatic hydroxyl groups excluding tert-OH is 1. The summed E-state index contributed by atoms with van der Waals surface area (Å²) in [4.78, 5) is 10.1. The summed E-state index contributed by atoms with van der Waals surface area (Å²) in [7, 11) is 0. The van der Waals surface area contributed by atoms with Gasteiger partial charge in [0.05, 0.1) is 17.5 Å². The Kier molecular flexibility index (Phi) is 5.67. The Balaban J connectivity index is 2.23. The lowest BCUT2D eigenvalue weighted by Gasteiger charge is -2.17. The highest BCUT2D eigenvalue weighted by molar-refractivity contribution is 7.99. The Hall–Kier alpha value is -1.50. The fourth-order valence-electron chi connectivity index (χ4n) is 1.66. The van der Waals surface area contributed by atoms with Gasteiger partial charge in [-0.25, -0.2) is 4.98 Å². The molecule has 0 spiro atoms. The molecule has 0 fully saturated rings. The van der Waals surface area contributed by atoms with Crippen LogP contribution in [0.15, 0.2) is 40.3 Å². The summed E-state index contributed by atoms with van der Waals surface area (Å²) in [5.41, 5.74) is 5.65. The lowest BCUT2D eigenvalue weighted by Crippen LogP contribution is -2.23. The molecule has 0 aliphatic heterocycles. The molecule has 0 aliphatic carbocycles. The molecule has 2 aromatic rings. The molecule has 21 heavy (non-hydrogen) atoms. The van der Waals surface area contributed by atoms with Gasteiger partial charge in [0.2, 0.25) is 5.95 Å². The van der Waals surface area contributed by atoms with Crippen LogP contribution < -0.4 is 11.1 Å². The molecule has 0 saturated heterocycles. The van der Waals surface area contributed by atoms with Crippen LogP contribution in [0.4, 0.5) is 11.8 Å². The van der Waals surface area contributed by atoms with Crippen LogP contribution in [0.3, 0.4) is 0 Å². The van der Waals surface area contributed by atoms with E-state index in [1.165, 1.54) is 11.8 Å². The fraction of sp³-hybridized carbons (Fsp3) is 0.286. The van der Waals surface area contributed by atoms with Gasteiger partial charge in [-0.1, -0.05) is 30.3 Å². The predicted molar refractivity (Wildman–Crippen MR) is 86.8 cm³/mol. The van der Waals surface area contributed by atoms with E-state index < -0.39 is 0 Å². The topological polar surface area (TPSA) is 84.1 Å². The quantitative estimate of drug-likeness (QED) is 0.757. The number of anilines is 2. The first-order valence-electron chi connectivity index (χ1n) is 6.55. The molecule has 0 amide bonds. The summed E-state index contributed by atoms with van der Waals surface area (Å²) in [6, 6.07) is 7.45. The van der Waals surface area contributed by atoms with Crippen molar-refractivity contribution < 1.29 is 5.11 Å². The molecule has 2 rings (SSSR count). The second-order valence-electron chi connectivity index (χ2n) is 4.43. The van der Waals surface area contributed by atoms with Gasteiger partial charge >= 0.3 is 0 Å². The van der Waals surface area contributed by atoms with Crippen LogP contribution in [-0.2, 0) is 0 Å². The predicted octanol–water partition coefficient (Wildman–Crippen LogP) is 3.05. The highest BCUT2D eigenvalue weighted by atomic mass is 35.5. The van der Waals surface area contributed by atoms with Crippen LogP contribution >= 0.6 is 23.4 Å². The zero-order valence-electron chi connectivity index (χ0n) is 11.6. The van der Waals surface area contributed by atoms with Gasteiger partial charge < -0.3 is 16.2 Å². The number of nitrogen functional groups attached to an aromatic ring is 1. The van der Waals surface area contributed by atoms with Crippen LogP contribution in [0.25, 0.3) is 0 Å². The fourth-order valence-corrected chi connectivity index (χ4v) is 2.62. The summed E-state index contributed by atoms with van der Waals surface area (Å²) in [5.74, 6) is 0.828. The minimum absolute atomic E-state index is 0.0332. The first kappa shape index (κ1) is 15.9. The average Bonchev–Trinajstić information content (AvgIpc) is 2.49. The molecule has 1 atom stereocenters. The highest BCUT2D eigenvalue weighted by Crippen LogP contribution is 2.33. The van der Waals surface area contributed by atoms with Crippen LogP contribution in [0.2, 0.25) is 5.02 Å². The second kappa shape index (κ2) is 7.49. The smallest absolute Gasteiger partial charge is 0.221 e. The summed E-state index contributed by atoms with van der Waals surface area (Å²) in [6.07, 6.45) is 2.46. The van der Waals surface area contributed by atoms with E-state index >= 15 is 0 Å². The molecule has 0 unspecified atom stereocenters. The molecule has 1 aromatic heterocycles. The van der Waals surface area contributed by atoms with Gasteiger partial charge in [0.25, 0.3) is 0 Å². The van der Waals surface area contributed by atoms with Gasteiger partial charge in [0.1, 0.15) is 5.82 Å². The van der Waals surface area contributed by atoms with E-state index in [-0.39, 0.29) is 18.6 Å². The van der Waals surface area contributed by atoms with Gasteiger partial charge in [-0.3, -0.25) is 0 Å². The molecule has 1 aromatic carbocycles. The zero-order chi connectivity index (χ0) is 15.2. The van der Waals surface area contributed by atoms with E-state index in [9.17, 15) is 5.11 Å². The molecular formula is C14H17ClN4OS. The molecule has 7 heteroatoms. The maximum absolute atomic E-state index is 9.31. The van der Waals surface area contributed by atoms with Gasteiger partial charge in [0, 0.05) is 16.1 Å². The van der Waals surface area contributed by atoms with E-state index in [4.69, 9.17) is 17.3 Å². The molecule has 0 aliphatic rings. The number of benzene rings is 1. The average molecular weight is 325 g/mol. The Morgan fingerprint density at radius 1 is 1.38 bits per heavy atom. The molecule has 0 bridgehead atoms. The molecule has 5 nitrogen and oxygen atoms in total. The maximum Gasteiger partial charge on any atom is 0.221 e. The van der Waals surface area contributed by atoms with Crippen LogP contribution in [0.5, 0.6) is 0 Å². The summed E-state index contributed by atoms with van der Waals surface area (Å²) in [6.45, 7) is 2.02. The van der Waals surface area contributed by atoms with Crippen molar-refractivity contribution >= 4 is 35.1 Å². The van der Waals surface area contributed by atoms with Crippen LogP contribution in [0, 0.1) is 0 Å². The number of aromatic nitrogens is 2. The number of halogens is 1. The van der Waals surface area contributed by atoms with Crippen molar-refractivity contribution in [3.63, 3.8) is 0 Å². The number of nitrogens with zero attached hydrogens (tertiary/aromatic N) is 2. The van der Waals surface area contributed by atoms with Gasteiger partial charge in [-0.05, 0) is 30.7 Å². The molecule has 1 heterocycles. The molecular weight excluding hydrogens is 308 g/mol. The Morgan fingerprint density at radius 2 is 2.10 bits per heavy atom. The molecule has 0 saturated carbocycles. The third-order valence-corrected chi connectivity index (χ3v) is 4.15. The van der Waals surface area contributed by atoms with E-state index in [0.29, 0.717) is 10.8 Å². The number of aliphatic hydroxyl groups is 1. The zero-order valence-corrected chi connectivity index (χ0v) is 13.2. The minimum Gasteiger partial charge on any atom is -0.394 e. The van der Waals surface area contributed by atoms with Crippen molar-refractivity contribution in [1.82, 2.24) is 9.97 Å². The third kappa shape index (κ3) is 4.49. The van der Waals surface area contributed by atoms with Crippen LogP contribution in [-0.4, -0.2) is 27.7 Å². The monoisotopic (exact) mass is 324 g/mol. The van der Waals surface area contributed by atoms with E-state index in [1.807, 2.05) is 31.2 Å². The Morgan fingerprint density at radius 3 is 2.71 bits per heavy atom. The second-order valence-corrected chi connectivity index (χ2v) is 5.98. The number of rotatable bonds is 6. The summed E-state index contributed by atoms with van der Waals surface area (Å²) < 4.78 is 0. The normalized spacial score (nSPS) is 12.1. The van der Waals surface area contributed by atoms with Gasteiger partial charge in [0.15, 0.2) is 0 Å². The number of hydrogen-bond donors (Lipinski definition) is 3. The van der Waals surface area contributed by atoms with E-state index in [0.717, 1.165) is 16.2 Å². The highest BCUT2D eigenvalue weighted by Gasteiger charge is 2.12. The minimum atomic E-state index is -0.0659. The molecule has 4 N–H and O–H groups in total. The van der Waals surface area contributed by atoms with Crippen molar-refractivity contribution in [3.8, 4) is 0 Å². The van der Waals surface area contributed by atoms with E-state index in [2.05, 4.69) is 15.3 Å². The standard InChI is InChI=1S/C14H17ClN4OS/c1-2-10(8-20)18-13-12(7-17-14(16)19-13)21-11-5-3-9(15)4-6-11/h3-7,10,20H,2,8H2,1H3,(H3,16,17,18,19)/t10-/m1/s1. The Labute approximate surface area is 132 Å². The number of nitrogens with two attached hydrogens (primary N) is 1. The molecule has 112 valence electrons.